The van der Waals surface area contributed by atoms with Crippen LogP contribution in [0.15, 0.2) is 42.6 Å². The van der Waals surface area contributed by atoms with E-state index < -0.39 is 0 Å². The maximum atomic E-state index is 12.6. The van der Waals surface area contributed by atoms with Crippen LogP contribution in [0.3, 0.4) is 0 Å². The summed E-state index contributed by atoms with van der Waals surface area (Å²) in [5.41, 5.74) is 5.09. The molecule has 2 aliphatic carbocycles. The fourth-order valence-electron chi connectivity index (χ4n) is 5.51. The van der Waals surface area contributed by atoms with Gasteiger partial charge in [-0.05, 0) is 92.9 Å². The highest BCUT2D eigenvalue weighted by Crippen LogP contribution is 2.26. The molecule has 1 amide bonds. The lowest BCUT2D eigenvalue weighted by Crippen LogP contribution is -2.34. The third kappa shape index (κ3) is 9.64. The van der Waals surface area contributed by atoms with Crippen molar-refractivity contribution in [1.82, 2.24) is 25.9 Å². The van der Waals surface area contributed by atoms with E-state index in [4.69, 9.17) is 0 Å². The minimum Gasteiger partial charge on any atom is -0.352 e. The Labute approximate surface area is 226 Å². The molecule has 1 saturated carbocycles. The second kappa shape index (κ2) is 15.4. The van der Waals surface area contributed by atoms with E-state index in [9.17, 15) is 4.79 Å². The van der Waals surface area contributed by atoms with Crippen molar-refractivity contribution in [3.63, 3.8) is 0 Å². The molecule has 7 heteroatoms. The van der Waals surface area contributed by atoms with Crippen molar-refractivity contribution in [1.29, 1.82) is 0 Å². The maximum Gasteiger partial charge on any atom is 0.221 e. The lowest BCUT2D eigenvalue weighted by Gasteiger charge is -2.26. The average molecular weight is 520 g/mol. The average Bonchev–Trinajstić information content (AvgIpc) is 2.94. The standard InChI is InChI=1S/C30H45N5OSi/c1-23(37-35-22-29-10-5-6-16-33-29)30(36)34-21-25-12-14-26-18-24(11-13-27(26)19-25)20-31-15-7-17-32-28-8-3-2-4-9-28/h5-6,10,12,14,16,19,23-24,28,31-32,35H,2-4,7-9,11,13,15,17-18,20-22H2,1H3,(H,34,36)/t23-,24?/m0/s1. The van der Waals surface area contributed by atoms with Crippen LogP contribution in [0.1, 0.15) is 74.3 Å². The Morgan fingerprint density at radius 1 is 1.05 bits per heavy atom. The van der Waals surface area contributed by atoms with Crippen molar-refractivity contribution < 1.29 is 4.79 Å². The second-order valence-corrected chi connectivity index (χ2v) is 12.3. The molecule has 2 radical (unpaired) electrons. The van der Waals surface area contributed by atoms with Gasteiger partial charge in [0, 0.05) is 30.9 Å². The van der Waals surface area contributed by atoms with Crippen molar-refractivity contribution in [2.75, 3.05) is 19.6 Å². The van der Waals surface area contributed by atoms with Gasteiger partial charge in [0.25, 0.3) is 0 Å². The number of aryl methyl sites for hydroxylation is 1. The third-order valence-electron chi connectivity index (χ3n) is 7.78. The summed E-state index contributed by atoms with van der Waals surface area (Å²) in [5.74, 6) is 0.828. The summed E-state index contributed by atoms with van der Waals surface area (Å²) in [7, 11) is 0.370. The maximum absolute atomic E-state index is 12.6. The van der Waals surface area contributed by atoms with Crippen LogP contribution in [0.4, 0.5) is 0 Å². The Morgan fingerprint density at radius 2 is 1.95 bits per heavy atom. The number of rotatable bonds is 14. The number of carbonyl (C=O) groups excluding carboxylic acids is 1. The predicted octanol–water partition coefficient (Wildman–Crippen LogP) is 3.92. The molecule has 2 aliphatic rings. The summed E-state index contributed by atoms with van der Waals surface area (Å²) in [4.78, 5) is 20.2. The lowest BCUT2D eigenvalue weighted by molar-refractivity contribution is -0.120. The molecular weight excluding hydrogens is 474 g/mol. The largest absolute Gasteiger partial charge is 0.352 e. The van der Waals surface area contributed by atoms with Gasteiger partial charge in [-0.2, -0.15) is 0 Å². The number of fused-ring (bicyclic) bond motifs is 1. The summed E-state index contributed by atoms with van der Waals surface area (Å²) in [6.45, 7) is 6.64. The van der Waals surface area contributed by atoms with Gasteiger partial charge in [0.2, 0.25) is 5.91 Å². The molecule has 1 unspecified atom stereocenters. The second-order valence-electron chi connectivity index (χ2n) is 10.8. The molecule has 4 rings (SSSR count). The Bertz CT molecular complexity index is 950. The zero-order chi connectivity index (χ0) is 25.7. The van der Waals surface area contributed by atoms with Gasteiger partial charge in [-0.25, -0.2) is 0 Å². The molecule has 200 valence electrons. The zero-order valence-electron chi connectivity index (χ0n) is 22.5. The first-order valence-electron chi connectivity index (χ1n) is 14.4. The van der Waals surface area contributed by atoms with E-state index in [0.717, 1.165) is 50.1 Å². The first-order chi connectivity index (χ1) is 18.2. The van der Waals surface area contributed by atoms with Gasteiger partial charge in [-0.1, -0.05) is 50.5 Å². The van der Waals surface area contributed by atoms with Crippen molar-refractivity contribution >= 4 is 15.6 Å². The number of benzene rings is 1. The van der Waals surface area contributed by atoms with Crippen molar-refractivity contribution in [3.05, 3.63) is 65.0 Å². The molecule has 0 aliphatic heterocycles. The number of hydrogen-bond acceptors (Lipinski definition) is 5. The van der Waals surface area contributed by atoms with Crippen LogP contribution in [-0.4, -0.2) is 46.2 Å². The molecule has 6 nitrogen and oxygen atoms in total. The summed E-state index contributed by atoms with van der Waals surface area (Å²) in [6.07, 6.45) is 13.5. The molecule has 2 atom stereocenters. The Balaban J connectivity index is 1.09. The van der Waals surface area contributed by atoms with E-state index in [1.807, 2.05) is 25.1 Å². The third-order valence-corrected chi connectivity index (χ3v) is 8.85. The topological polar surface area (TPSA) is 78.1 Å². The van der Waals surface area contributed by atoms with Gasteiger partial charge >= 0.3 is 0 Å². The highest BCUT2D eigenvalue weighted by Gasteiger charge is 2.19. The van der Waals surface area contributed by atoms with Crippen LogP contribution in [0.5, 0.6) is 0 Å². The van der Waals surface area contributed by atoms with E-state index in [0.29, 0.717) is 22.8 Å². The lowest BCUT2D eigenvalue weighted by atomic mass is 9.83. The molecule has 2 aromatic rings. The van der Waals surface area contributed by atoms with Crippen LogP contribution in [0.2, 0.25) is 5.54 Å². The Morgan fingerprint density at radius 3 is 2.78 bits per heavy atom. The monoisotopic (exact) mass is 519 g/mol. The van der Waals surface area contributed by atoms with Crippen LogP contribution >= 0.6 is 0 Å². The highest BCUT2D eigenvalue weighted by atomic mass is 28.2. The van der Waals surface area contributed by atoms with Crippen LogP contribution in [-0.2, 0) is 30.7 Å². The summed E-state index contributed by atoms with van der Waals surface area (Å²) in [6, 6.07) is 13.4. The first-order valence-corrected chi connectivity index (χ1v) is 15.5. The predicted molar refractivity (Wildman–Crippen MR) is 152 cm³/mol. The van der Waals surface area contributed by atoms with Gasteiger partial charge in [0.1, 0.15) is 0 Å². The SMILES string of the molecule is C[C@H]([Si]NCc1ccccn1)C(=O)NCc1ccc2c(c1)CCC(CNCCCNC1CCCCC1)C2. The van der Waals surface area contributed by atoms with Gasteiger partial charge in [0.15, 0.2) is 9.68 Å². The molecule has 0 saturated heterocycles. The Hall–Kier alpha value is -2.06. The minimum atomic E-state index is -0.0577. The summed E-state index contributed by atoms with van der Waals surface area (Å²) < 4.78 is 0. The molecule has 0 bridgehead atoms. The van der Waals surface area contributed by atoms with Gasteiger partial charge in [-0.15, -0.1) is 0 Å². The number of amides is 1. The minimum absolute atomic E-state index is 0.0577. The van der Waals surface area contributed by atoms with Crippen molar-refractivity contribution in [3.8, 4) is 0 Å². The molecular formula is C30H45N5OSi. The molecule has 1 heterocycles. The number of hydrogen-bond donors (Lipinski definition) is 4. The number of nitrogens with zero attached hydrogens (tertiary/aromatic N) is 1. The van der Waals surface area contributed by atoms with Crippen molar-refractivity contribution in [2.24, 2.45) is 5.92 Å². The molecule has 1 aromatic carbocycles. The van der Waals surface area contributed by atoms with E-state index in [1.54, 1.807) is 6.20 Å². The number of aromatic nitrogens is 1. The quantitative estimate of drug-likeness (QED) is 0.225. The highest BCUT2D eigenvalue weighted by molar-refractivity contribution is 6.41. The van der Waals surface area contributed by atoms with E-state index in [2.05, 4.69) is 44.1 Å². The smallest absolute Gasteiger partial charge is 0.221 e. The zero-order valence-corrected chi connectivity index (χ0v) is 23.5. The molecule has 1 aromatic heterocycles. The Kier molecular flexibility index (Phi) is 11.6. The van der Waals surface area contributed by atoms with Gasteiger partial charge < -0.3 is 20.9 Å². The number of nitrogens with one attached hydrogen (secondary N) is 4. The first kappa shape index (κ1) is 28.0. The summed E-state index contributed by atoms with van der Waals surface area (Å²) in [5, 5.41) is 10.6. The van der Waals surface area contributed by atoms with Crippen LogP contribution in [0.25, 0.3) is 0 Å². The van der Waals surface area contributed by atoms with E-state index in [-0.39, 0.29) is 11.4 Å². The molecule has 37 heavy (non-hydrogen) atoms. The van der Waals surface area contributed by atoms with Crippen molar-refractivity contribution in [2.45, 2.75) is 89.4 Å². The number of carbonyl (C=O) groups is 1. The molecule has 1 fully saturated rings. The fourth-order valence-corrected chi connectivity index (χ4v) is 6.33. The van der Waals surface area contributed by atoms with E-state index >= 15 is 0 Å². The number of pyridine rings is 1. The fraction of sp³-hybridized carbons (Fsp3) is 0.600. The van der Waals surface area contributed by atoms with Gasteiger partial charge in [-0.3, -0.25) is 9.78 Å². The van der Waals surface area contributed by atoms with Crippen LogP contribution < -0.4 is 20.9 Å². The van der Waals surface area contributed by atoms with Gasteiger partial charge in [0.05, 0.1) is 5.69 Å². The molecule has 0 spiro atoms. The van der Waals surface area contributed by atoms with Crippen LogP contribution in [0, 0.1) is 5.92 Å². The molecule has 4 N–H and O–H groups in total. The van der Waals surface area contributed by atoms with E-state index in [1.165, 1.54) is 61.6 Å². The normalized spacial score (nSPS) is 18.8. The summed E-state index contributed by atoms with van der Waals surface area (Å²) >= 11 is 0.